The third-order valence-electron chi connectivity index (χ3n) is 4.19. The number of carbonyl (C=O) groups is 1. The Labute approximate surface area is 157 Å². The van der Waals surface area contributed by atoms with Crippen molar-refractivity contribution in [2.24, 2.45) is 0 Å². The van der Waals surface area contributed by atoms with E-state index in [4.69, 9.17) is 9.26 Å². The minimum atomic E-state index is -0.338. The summed E-state index contributed by atoms with van der Waals surface area (Å²) in [7, 11) is 0. The lowest BCUT2D eigenvalue weighted by molar-refractivity contribution is 0.0928. The number of nitrogens with one attached hydrogen (secondary N) is 1. The predicted molar refractivity (Wildman–Crippen MR) is 98.3 cm³/mol. The normalized spacial score (nSPS) is 12.0. The van der Waals surface area contributed by atoms with E-state index in [0.29, 0.717) is 18.1 Å². The fourth-order valence-electron chi connectivity index (χ4n) is 2.69. The highest BCUT2D eigenvalue weighted by molar-refractivity contribution is 5.92. The standard InChI is InChI=1S/C19H23N5O3/c1-5-24-18(20-11-21-24)14(4)22-19(25)16-9-15(27-23-16)10-26-17-8-12(2)6-7-13(17)3/h6-9,11,14H,5,10H2,1-4H3,(H,22,25)/t14-/m0/s1. The second-order valence-electron chi connectivity index (χ2n) is 6.37. The van der Waals surface area contributed by atoms with Crippen molar-refractivity contribution in [1.29, 1.82) is 0 Å². The monoisotopic (exact) mass is 369 g/mol. The van der Waals surface area contributed by atoms with E-state index in [1.54, 1.807) is 10.7 Å². The minimum absolute atomic E-state index is 0.198. The van der Waals surface area contributed by atoms with Gasteiger partial charge in [-0.15, -0.1) is 0 Å². The summed E-state index contributed by atoms with van der Waals surface area (Å²) in [5.41, 5.74) is 2.35. The molecule has 8 heteroatoms. The summed E-state index contributed by atoms with van der Waals surface area (Å²) in [6.45, 7) is 8.67. The van der Waals surface area contributed by atoms with Crippen molar-refractivity contribution < 1.29 is 14.1 Å². The largest absolute Gasteiger partial charge is 0.485 e. The number of rotatable bonds is 7. The van der Waals surface area contributed by atoms with Crippen LogP contribution in [0.4, 0.5) is 0 Å². The van der Waals surface area contributed by atoms with Crippen LogP contribution in [0, 0.1) is 13.8 Å². The smallest absolute Gasteiger partial charge is 0.274 e. The number of hydrogen-bond donors (Lipinski definition) is 1. The molecule has 1 aromatic carbocycles. The van der Waals surface area contributed by atoms with Gasteiger partial charge in [0.1, 0.15) is 24.5 Å². The average Bonchev–Trinajstić information content (AvgIpc) is 3.31. The van der Waals surface area contributed by atoms with Crippen LogP contribution in [0.15, 0.2) is 35.1 Å². The molecule has 142 valence electrons. The Bertz CT molecular complexity index is 931. The summed E-state index contributed by atoms with van der Waals surface area (Å²) >= 11 is 0. The van der Waals surface area contributed by atoms with E-state index >= 15 is 0 Å². The van der Waals surface area contributed by atoms with Gasteiger partial charge < -0.3 is 14.6 Å². The molecule has 0 aliphatic carbocycles. The molecule has 0 aliphatic rings. The number of hydrogen-bond acceptors (Lipinski definition) is 6. The number of carbonyl (C=O) groups excluding carboxylic acids is 1. The van der Waals surface area contributed by atoms with E-state index in [9.17, 15) is 4.79 Å². The fourth-order valence-corrected chi connectivity index (χ4v) is 2.69. The highest BCUT2D eigenvalue weighted by atomic mass is 16.5. The molecule has 2 heterocycles. The zero-order valence-corrected chi connectivity index (χ0v) is 15.9. The summed E-state index contributed by atoms with van der Waals surface area (Å²) in [5, 5.41) is 10.8. The van der Waals surface area contributed by atoms with E-state index in [1.807, 2.05) is 45.9 Å². The molecule has 0 spiro atoms. The number of aromatic nitrogens is 4. The van der Waals surface area contributed by atoms with Gasteiger partial charge in [0.15, 0.2) is 11.5 Å². The topological polar surface area (TPSA) is 95.1 Å². The predicted octanol–water partition coefficient (Wildman–Crippen LogP) is 2.97. The maximum atomic E-state index is 12.4. The molecule has 0 saturated carbocycles. The van der Waals surface area contributed by atoms with Gasteiger partial charge in [0.2, 0.25) is 0 Å². The maximum absolute atomic E-state index is 12.4. The first-order valence-corrected chi connectivity index (χ1v) is 8.82. The molecule has 2 aromatic heterocycles. The maximum Gasteiger partial charge on any atom is 0.274 e. The molecule has 1 atom stereocenters. The Morgan fingerprint density at radius 3 is 2.93 bits per heavy atom. The van der Waals surface area contributed by atoms with Gasteiger partial charge in [-0.05, 0) is 44.9 Å². The lowest BCUT2D eigenvalue weighted by Crippen LogP contribution is -2.29. The molecule has 3 aromatic rings. The molecular formula is C19H23N5O3. The van der Waals surface area contributed by atoms with E-state index < -0.39 is 0 Å². The Morgan fingerprint density at radius 2 is 2.15 bits per heavy atom. The Hall–Kier alpha value is -3.16. The Morgan fingerprint density at radius 1 is 1.33 bits per heavy atom. The average molecular weight is 369 g/mol. The van der Waals surface area contributed by atoms with Crippen LogP contribution >= 0.6 is 0 Å². The first kappa shape index (κ1) is 18.6. The van der Waals surface area contributed by atoms with Crippen LogP contribution in [0.1, 0.15) is 53.1 Å². The molecule has 1 amide bonds. The quantitative estimate of drug-likeness (QED) is 0.688. The number of amides is 1. The molecule has 0 unspecified atom stereocenters. The van der Waals surface area contributed by atoms with Crippen molar-refractivity contribution in [3.63, 3.8) is 0 Å². The summed E-state index contributed by atoms with van der Waals surface area (Å²) in [4.78, 5) is 16.6. The molecule has 8 nitrogen and oxygen atoms in total. The van der Waals surface area contributed by atoms with Crippen molar-refractivity contribution in [3.8, 4) is 5.75 Å². The molecule has 27 heavy (non-hydrogen) atoms. The molecule has 0 radical (unpaired) electrons. The summed E-state index contributed by atoms with van der Waals surface area (Å²) in [5.74, 6) is 1.61. The second-order valence-corrected chi connectivity index (χ2v) is 6.37. The molecule has 1 N–H and O–H groups in total. The first-order valence-electron chi connectivity index (χ1n) is 8.82. The van der Waals surface area contributed by atoms with Gasteiger partial charge >= 0.3 is 0 Å². The van der Waals surface area contributed by atoms with Crippen LogP contribution in [0.5, 0.6) is 5.75 Å². The van der Waals surface area contributed by atoms with Gasteiger partial charge in [0, 0.05) is 12.6 Å². The molecule has 0 fully saturated rings. The number of benzene rings is 1. The van der Waals surface area contributed by atoms with Gasteiger partial charge in [0.25, 0.3) is 5.91 Å². The van der Waals surface area contributed by atoms with Gasteiger partial charge in [-0.25, -0.2) is 9.67 Å². The second kappa shape index (κ2) is 8.03. The van der Waals surface area contributed by atoms with Gasteiger partial charge in [-0.3, -0.25) is 4.79 Å². The molecule has 3 rings (SSSR count). The number of nitrogens with zero attached hydrogens (tertiary/aromatic N) is 4. The van der Waals surface area contributed by atoms with Crippen LogP contribution in [0.2, 0.25) is 0 Å². The van der Waals surface area contributed by atoms with Crippen molar-refractivity contribution in [3.05, 3.63) is 59.0 Å². The van der Waals surface area contributed by atoms with E-state index in [1.165, 1.54) is 6.33 Å². The van der Waals surface area contributed by atoms with Gasteiger partial charge in [-0.2, -0.15) is 5.10 Å². The number of aryl methyl sites for hydroxylation is 3. The Balaban J connectivity index is 1.61. The SMILES string of the molecule is CCn1ncnc1[C@H](C)NC(=O)c1cc(COc2cc(C)ccc2C)on1. The van der Waals surface area contributed by atoms with Crippen LogP contribution in [0.25, 0.3) is 0 Å². The van der Waals surface area contributed by atoms with Crippen molar-refractivity contribution in [2.45, 2.75) is 46.9 Å². The van der Waals surface area contributed by atoms with Crippen LogP contribution in [-0.2, 0) is 13.2 Å². The fraction of sp³-hybridized carbons (Fsp3) is 0.368. The van der Waals surface area contributed by atoms with Gasteiger partial charge in [-0.1, -0.05) is 17.3 Å². The third-order valence-corrected chi connectivity index (χ3v) is 4.19. The summed E-state index contributed by atoms with van der Waals surface area (Å²) in [6, 6.07) is 7.27. The lowest BCUT2D eigenvalue weighted by atomic mass is 10.1. The first-order chi connectivity index (χ1) is 13.0. The Kier molecular flexibility index (Phi) is 5.54. The summed E-state index contributed by atoms with van der Waals surface area (Å²) < 4.78 is 12.7. The van der Waals surface area contributed by atoms with Crippen molar-refractivity contribution in [2.75, 3.05) is 0 Å². The molecule has 0 bridgehead atoms. The molecule has 0 saturated heterocycles. The van der Waals surface area contributed by atoms with E-state index in [-0.39, 0.29) is 24.2 Å². The van der Waals surface area contributed by atoms with Crippen LogP contribution < -0.4 is 10.1 Å². The minimum Gasteiger partial charge on any atom is -0.485 e. The van der Waals surface area contributed by atoms with Crippen molar-refractivity contribution in [1.82, 2.24) is 25.2 Å². The van der Waals surface area contributed by atoms with Crippen molar-refractivity contribution >= 4 is 5.91 Å². The van der Waals surface area contributed by atoms with Crippen LogP contribution in [0.3, 0.4) is 0 Å². The zero-order chi connectivity index (χ0) is 19.4. The highest BCUT2D eigenvalue weighted by Crippen LogP contribution is 2.20. The van der Waals surface area contributed by atoms with Crippen LogP contribution in [-0.4, -0.2) is 25.8 Å². The third kappa shape index (κ3) is 4.33. The van der Waals surface area contributed by atoms with E-state index in [2.05, 4.69) is 20.6 Å². The summed E-state index contributed by atoms with van der Waals surface area (Å²) in [6.07, 6.45) is 1.47. The molecular weight excluding hydrogens is 346 g/mol. The lowest BCUT2D eigenvalue weighted by Gasteiger charge is -2.12. The van der Waals surface area contributed by atoms with Gasteiger partial charge in [0.05, 0.1) is 6.04 Å². The zero-order valence-electron chi connectivity index (χ0n) is 15.9. The molecule has 0 aliphatic heterocycles. The highest BCUT2D eigenvalue weighted by Gasteiger charge is 2.19. The number of ether oxygens (including phenoxy) is 1. The van der Waals surface area contributed by atoms with E-state index in [0.717, 1.165) is 16.9 Å².